The van der Waals surface area contributed by atoms with Gasteiger partial charge in [-0.05, 0) is 12.1 Å². The van der Waals surface area contributed by atoms with Crippen LogP contribution < -0.4 is 15.2 Å². The fourth-order valence-corrected chi connectivity index (χ4v) is 3.36. The highest BCUT2D eigenvalue weighted by molar-refractivity contribution is 8.02. The number of rotatable bonds is 5. The molecule has 0 saturated carbocycles. The Labute approximate surface area is 139 Å². The van der Waals surface area contributed by atoms with Crippen molar-refractivity contribution in [2.45, 2.75) is 4.90 Å². The van der Waals surface area contributed by atoms with Crippen LogP contribution in [0.2, 0.25) is 10.0 Å². The number of ether oxygens (including phenoxy) is 2. The van der Waals surface area contributed by atoms with Crippen LogP contribution in [0.15, 0.2) is 29.3 Å². The fraction of sp³-hybridized carbons (Fsp3) is 0.154. The van der Waals surface area contributed by atoms with Crippen molar-refractivity contribution in [2.75, 3.05) is 18.3 Å². The first-order valence-electron chi connectivity index (χ1n) is 5.84. The van der Waals surface area contributed by atoms with Gasteiger partial charge in [-0.2, -0.15) is 0 Å². The third-order valence-electron chi connectivity index (χ3n) is 2.49. The summed E-state index contributed by atoms with van der Waals surface area (Å²) in [6.45, 7) is 0. The van der Waals surface area contributed by atoms with Gasteiger partial charge in [-0.15, -0.1) is 21.0 Å². The molecule has 8 heteroatoms. The minimum atomic E-state index is 0.326. The van der Waals surface area contributed by atoms with E-state index >= 15 is 0 Å². The van der Waals surface area contributed by atoms with E-state index in [1.807, 2.05) is 0 Å². The molecule has 0 fully saturated rings. The number of hydrogen-bond acceptors (Lipinski definition) is 5. The second-order valence-electron chi connectivity index (χ2n) is 3.90. The molecule has 2 N–H and O–H groups in total. The summed E-state index contributed by atoms with van der Waals surface area (Å²) < 4.78 is 10.9. The lowest BCUT2D eigenvalue weighted by Gasteiger charge is -2.12. The number of nitrogens with two attached hydrogens (primary N) is 1. The molecule has 2 rings (SSSR count). The largest absolute Gasteiger partial charge is 0.494 e. The van der Waals surface area contributed by atoms with E-state index in [0.717, 1.165) is 10.4 Å². The van der Waals surface area contributed by atoms with Gasteiger partial charge in [-0.25, -0.2) is 4.98 Å². The smallest absolute Gasteiger partial charge is 0.220 e. The number of nitrogen functional groups attached to an aromatic ring is 1. The Bertz CT molecular complexity index is 635. The summed E-state index contributed by atoms with van der Waals surface area (Å²) in [4.78, 5) is 5.09. The maximum Gasteiger partial charge on any atom is 0.220 e. The van der Waals surface area contributed by atoms with Gasteiger partial charge in [0, 0.05) is 17.2 Å². The molecule has 0 radical (unpaired) electrons. The second-order valence-corrected chi connectivity index (χ2v) is 6.78. The van der Waals surface area contributed by atoms with Gasteiger partial charge in [-0.1, -0.05) is 23.2 Å². The lowest BCUT2D eigenvalue weighted by atomic mass is 10.3. The van der Waals surface area contributed by atoms with Crippen molar-refractivity contribution in [1.29, 1.82) is 0 Å². The highest BCUT2D eigenvalue weighted by Crippen LogP contribution is 2.39. The maximum atomic E-state index is 6.09. The zero-order chi connectivity index (χ0) is 15.4. The average Bonchev–Trinajstić information content (AvgIpc) is 2.43. The van der Waals surface area contributed by atoms with E-state index in [1.165, 1.54) is 0 Å². The highest BCUT2D eigenvalue weighted by atomic mass is 35.5. The lowest BCUT2D eigenvalue weighted by molar-refractivity contribution is 0.397. The maximum absolute atomic E-state index is 6.09. The molecule has 0 spiro atoms. The first-order valence-corrected chi connectivity index (χ1v) is 8.40. The zero-order valence-corrected chi connectivity index (χ0v) is 14.6. The van der Waals surface area contributed by atoms with E-state index < -0.39 is 0 Å². The number of thioether (sulfide) groups is 1. The number of nitrogens with zero attached hydrogens (tertiary/aromatic N) is 1. The van der Waals surface area contributed by atoms with E-state index in [4.69, 9.17) is 38.4 Å². The van der Waals surface area contributed by atoms with E-state index in [9.17, 15) is 0 Å². The van der Waals surface area contributed by atoms with Crippen LogP contribution in [0.4, 0.5) is 5.69 Å². The van der Waals surface area contributed by atoms with Crippen LogP contribution >= 0.6 is 44.2 Å². The van der Waals surface area contributed by atoms with Crippen molar-refractivity contribution in [3.63, 3.8) is 0 Å². The zero-order valence-electron chi connectivity index (χ0n) is 11.1. The number of halogens is 2. The van der Waals surface area contributed by atoms with Crippen molar-refractivity contribution in [2.24, 2.45) is 0 Å². The lowest BCUT2D eigenvalue weighted by Crippen LogP contribution is -1.94. The number of benzene rings is 1. The van der Waals surface area contributed by atoms with Crippen molar-refractivity contribution < 1.29 is 9.47 Å². The first kappa shape index (κ1) is 16.5. The molecule has 1 atom stereocenters. The molecule has 0 aliphatic carbocycles. The molecular formula is C13H13Cl2N2O2PS. The summed E-state index contributed by atoms with van der Waals surface area (Å²) >= 11 is 13.8. The molecule has 2 aromatic rings. The predicted octanol–water partition coefficient (Wildman–Crippen LogP) is 4.70. The standard InChI is InChI=1S/C13H13Cl2N2O2PS/c1-18-10-5-17-12(4-11(10)21-6-20)19-13-8(14)2-7(16)3-9(13)15/h2-5H,6,16,20H2,1H3. The van der Waals surface area contributed by atoms with Gasteiger partial charge in [0.25, 0.3) is 0 Å². The second kappa shape index (κ2) is 7.41. The molecule has 1 heterocycles. The average molecular weight is 363 g/mol. The van der Waals surface area contributed by atoms with E-state index in [1.54, 1.807) is 43.3 Å². The molecule has 1 unspecified atom stereocenters. The van der Waals surface area contributed by atoms with Crippen LogP contribution in [0.3, 0.4) is 0 Å². The van der Waals surface area contributed by atoms with Crippen LogP contribution in [0.25, 0.3) is 0 Å². The molecular weight excluding hydrogens is 350 g/mol. The molecule has 1 aromatic carbocycles. The molecule has 0 amide bonds. The molecule has 4 nitrogen and oxygen atoms in total. The molecule has 0 aliphatic heterocycles. The fourth-order valence-electron chi connectivity index (χ4n) is 1.60. The van der Waals surface area contributed by atoms with Gasteiger partial charge >= 0.3 is 0 Å². The molecule has 1 aromatic heterocycles. The van der Waals surface area contributed by atoms with Crippen molar-refractivity contribution in [3.8, 4) is 17.4 Å². The van der Waals surface area contributed by atoms with Gasteiger partial charge < -0.3 is 15.2 Å². The number of methoxy groups -OCH3 is 1. The number of pyridine rings is 1. The van der Waals surface area contributed by atoms with Gasteiger partial charge in [0.2, 0.25) is 5.88 Å². The summed E-state index contributed by atoms with van der Waals surface area (Å²) in [5, 5.41) is 0.663. The third kappa shape index (κ3) is 4.07. The number of aromatic nitrogens is 1. The van der Waals surface area contributed by atoms with Crippen molar-refractivity contribution >= 4 is 49.9 Å². The van der Waals surface area contributed by atoms with Crippen molar-refractivity contribution in [1.82, 2.24) is 4.98 Å². The molecule has 21 heavy (non-hydrogen) atoms. The topological polar surface area (TPSA) is 57.4 Å². The Kier molecular flexibility index (Phi) is 5.82. The van der Waals surface area contributed by atoms with Crippen molar-refractivity contribution in [3.05, 3.63) is 34.4 Å². The van der Waals surface area contributed by atoms with Gasteiger partial charge in [-0.3, -0.25) is 0 Å². The Balaban J connectivity index is 2.34. The Morgan fingerprint density at radius 2 is 1.95 bits per heavy atom. The Morgan fingerprint density at radius 1 is 1.29 bits per heavy atom. The normalized spacial score (nSPS) is 10.5. The monoisotopic (exact) mass is 362 g/mol. The number of anilines is 1. The Morgan fingerprint density at radius 3 is 2.52 bits per heavy atom. The van der Waals surface area contributed by atoms with Crippen LogP contribution in [-0.2, 0) is 0 Å². The van der Waals surface area contributed by atoms with Crippen LogP contribution in [0.1, 0.15) is 0 Å². The van der Waals surface area contributed by atoms with Gasteiger partial charge in [0.15, 0.2) is 11.5 Å². The summed E-state index contributed by atoms with van der Waals surface area (Å²) in [5.41, 5.74) is 6.96. The molecule has 0 aliphatic rings. The number of hydrogen-bond donors (Lipinski definition) is 1. The van der Waals surface area contributed by atoms with Crippen LogP contribution in [-0.4, -0.2) is 17.6 Å². The van der Waals surface area contributed by atoms with Gasteiger partial charge in [0.05, 0.1) is 28.2 Å². The van der Waals surface area contributed by atoms with E-state index in [0.29, 0.717) is 33.1 Å². The first-order chi connectivity index (χ1) is 10.0. The van der Waals surface area contributed by atoms with E-state index in [2.05, 4.69) is 14.2 Å². The summed E-state index contributed by atoms with van der Waals surface area (Å²) in [6, 6.07) is 4.92. The minimum absolute atomic E-state index is 0.326. The summed E-state index contributed by atoms with van der Waals surface area (Å²) in [5.74, 6) is 1.39. The molecule has 0 bridgehead atoms. The molecule has 0 saturated heterocycles. The highest BCUT2D eigenvalue weighted by Gasteiger charge is 2.13. The summed E-state index contributed by atoms with van der Waals surface area (Å²) in [7, 11) is 4.23. The minimum Gasteiger partial charge on any atom is -0.494 e. The third-order valence-corrected chi connectivity index (χ3v) is 4.35. The predicted molar refractivity (Wildman–Crippen MR) is 92.2 cm³/mol. The van der Waals surface area contributed by atoms with Crippen LogP contribution in [0, 0.1) is 0 Å². The summed E-state index contributed by atoms with van der Waals surface area (Å²) in [6.07, 6.45) is 1.59. The SMILES string of the molecule is COc1cnc(Oc2c(Cl)cc(N)cc2Cl)cc1SCP. The van der Waals surface area contributed by atoms with Crippen LogP contribution in [0.5, 0.6) is 17.4 Å². The quantitative estimate of drug-likeness (QED) is 0.474. The Hall–Kier alpha value is -0.870. The van der Waals surface area contributed by atoms with E-state index in [-0.39, 0.29) is 0 Å². The molecule has 112 valence electrons. The van der Waals surface area contributed by atoms with Gasteiger partial charge in [0.1, 0.15) is 0 Å².